The SMILES string of the molecule is C1COCN1.S.[Cu]. The Kier molecular flexibility index (Phi) is 10.4. The van der Waals surface area contributed by atoms with Crippen LogP contribution in [0.25, 0.3) is 0 Å². The molecule has 0 spiro atoms. The maximum Gasteiger partial charge on any atom is 0.0966 e. The summed E-state index contributed by atoms with van der Waals surface area (Å²) >= 11 is 0. The van der Waals surface area contributed by atoms with Crippen molar-refractivity contribution in [3.8, 4) is 0 Å². The van der Waals surface area contributed by atoms with Gasteiger partial charge in [-0.3, -0.25) is 5.32 Å². The van der Waals surface area contributed by atoms with E-state index in [1.165, 1.54) is 0 Å². The van der Waals surface area contributed by atoms with Crippen molar-refractivity contribution in [1.29, 1.82) is 0 Å². The van der Waals surface area contributed by atoms with Gasteiger partial charge in [0, 0.05) is 23.6 Å². The van der Waals surface area contributed by atoms with E-state index in [2.05, 4.69) is 5.32 Å². The summed E-state index contributed by atoms with van der Waals surface area (Å²) in [6, 6.07) is 0. The van der Waals surface area contributed by atoms with Crippen LogP contribution in [0.15, 0.2) is 0 Å². The molecule has 1 radical (unpaired) electrons. The van der Waals surface area contributed by atoms with Crippen molar-refractivity contribution in [2.45, 2.75) is 0 Å². The summed E-state index contributed by atoms with van der Waals surface area (Å²) in [4.78, 5) is 0. The summed E-state index contributed by atoms with van der Waals surface area (Å²) in [6.45, 7) is 2.67. The van der Waals surface area contributed by atoms with Crippen LogP contribution in [0.5, 0.6) is 0 Å². The zero-order valence-corrected chi connectivity index (χ0v) is 5.77. The second kappa shape index (κ2) is 6.79. The average Bonchev–Trinajstić information content (AvgIpc) is 1.76. The van der Waals surface area contributed by atoms with Crippen LogP contribution in [0.1, 0.15) is 0 Å². The van der Waals surface area contributed by atoms with Crippen molar-refractivity contribution in [3.05, 3.63) is 0 Å². The van der Waals surface area contributed by atoms with Crippen molar-refractivity contribution in [2.75, 3.05) is 19.9 Å². The molecule has 0 amide bonds. The van der Waals surface area contributed by atoms with Crippen LogP contribution in [0, 0.1) is 0 Å². The van der Waals surface area contributed by atoms with Crippen molar-refractivity contribution in [1.82, 2.24) is 5.32 Å². The smallest absolute Gasteiger partial charge is 0.0966 e. The Balaban J connectivity index is 0. The second-order valence-electron chi connectivity index (χ2n) is 1.05. The Morgan fingerprint density at radius 3 is 2.29 bits per heavy atom. The van der Waals surface area contributed by atoms with Crippen LogP contribution in [0.3, 0.4) is 0 Å². The monoisotopic (exact) mass is 170 g/mol. The molecule has 1 rings (SSSR count). The number of nitrogens with one attached hydrogen (secondary N) is 1. The molecule has 1 N–H and O–H groups in total. The molecule has 49 valence electrons. The zero-order valence-electron chi connectivity index (χ0n) is 3.83. The van der Waals surface area contributed by atoms with Crippen LogP contribution < -0.4 is 5.32 Å². The predicted octanol–water partition coefficient (Wildman–Crippen LogP) is -0.326. The second-order valence-corrected chi connectivity index (χ2v) is 1.05. The van der Waals surface area contributed by atoms with Crippen molar-refractivity contribution in [3.63, 3.8) is 0 Å². The molecule has 0 unspecified atom stereocenters. The molecule has 0 aromatic carbocycles. The van der Waals surface area contributed by atoms with E-state index in [-0.39, 0.29) is 30.6 Å². The summed E-state index contributed by atoms with van der Waals surface area (Å²) in [6.07, 6.45) is 0. The molecular formula is C3H9CuNOS. The molecule has 1 aliphatic rings. The third-order valence-electron chi connectivity index (χ3n) is 0.627. The van der Waals surface area contributed by atoms with E-state index in [9.17, 15) is 0 Å². The first-order valence-corrected chi connectivity index (χ1v) is 1.78. The van der Waals surface area contributed by atoms with Gasteiger partial charge in [0.05, 0.1) is 13.3 Å². The van der Waals surface area contributed by atoms with Gasteiger partial charge < -0.3 is 4.74 Å². The Hall–Kier alpha value is 0.789. The van der Waals surface area contributed by atoms with E-state index in [1.807, 2.05) is 0 Å². The first kappa shape index (κ1) is 10.7. The molecule has 0 bridgehead atoms. The predicted molar refractivity (Wildman–Crippen MR) is 29.2 cm³/mol. The molecule has 1 heterocycles. The maximum atomic E-state index is 4.83. The molecule has 0 saturated carbocycles. The van der Waals surface area contributed by atoms with Crippen molar-refractivity contribution < 1.29 is 21.8 Å². The topological polar surface area (TPSA) is 21.3 Å². The minimum absolute atomic E-state index is 0. The minimum atomic E-state index is 0. The summed E-state index contributed by atoms with van der Waals surface area (Å²) < 4.78 is 4.83. The van der Waals surface area contributed by atoms with E-state index in [1.54, 1.807) is 0 Å². The van der Waals surface area contributed by atoms with E-state index in [4.69, 9.17) is 4.74 Å². The van der Waals surface area contributed by atoms with Gasteiger partial charge in [-0.25, -0.2) is 0 Å². The molecular weight excluding hydrogens is 162 g/mol. The van der Waals surface area contributed by atoms with Gasteiger partial charge in [0.25, 0.3) is 0 Å². The van der Waals surface area contributed by atoms with Gasteiger partial charge in [-0.15, -0.1) is 0 Å². The number of rotatable bonds is 0. The third kappa shape index (κ3) is 4.65. The van der Waals surface area contributed by atoms with Crippen LogP contribution in [0.2, 0.25) is 0 Å². The first-order valence-electron chi connectivity index (χ1n) is 1.78. The summed E-state index contributed by atoms with van der Waals surface area (Å²) in [5.74, 6) is 0. The van der Waals surface area contributed by atoms with E-state index >= 15 is 0 Å². The van der Waals surface area contributed by atoms with Gasteiger partial charge in [0.15, 0.2) is 0 Å². The molecule has 0 aliphatic carbocycles. The van der Waals surface area contributed by atoms with Crippen molar-refractivity contribution >= 4 is 13.5 Å². The Labute approximate surface area is 60.9 Å². The molecule has 4 heteroatoms. The van der Waals surface area contributed by atoms with Crippen LogP contribution in [0.4, 0.5) is 0 Å². The molecule has 1 fully saturated rings. The van der Waals surface area contributed by atoms with Gasteiger partial charge in [0.2, 0.25) is 0 Å². The fourth-order valence-electron chi connectivity index (χ4n) is 0.361. The standard InChI is InChI=1S/C3H7NO.Cu.H2S/c1-2-5-3-4-1;;/h4H,1-3H2;;1H2. The van der Waals surface area contributed by atoms with E-state index < -0.39 is 0 Å². The third-order valence-corrected chi connectivity index (χ3v) is 0.627. The summed E-state index contributed by atoms with van der Waals surface area (Å²) in [7, 11) is 0. The molecule has 0 aromatic rings. The number of hydrogen-bond donors (Lipinski definition) is 1. The normalized spacial score (nSPS) is 17.1. The average molecular weight is 171 g/mol. The molecule has 0 aromatic heterocycles. The quantitative estimate of drug-likeness (QED) is 0.503. The van der Waals surface area contributed by atoms with Gasteiger partial charge >= 0.3 is 0 Å². The fourth-order valence-corrected chi connectivity index (χ4v) is 0.361. The van der Waals surface area contributed by atoms with Crippen LogP contribution >= 0.6 is 13.5 Å². The van der Waals surface area contributed by atoms with Crippen LogP contribution in [-0.4, -0.2) is 19.9 Å². The molecule has 1 saturated heterocycles. The van der Waals surface area contributed by atoms with Crippen LogP contribution in [-0.2, 0) is 21.8 Å². The van der Waals surface area contributed by atoms with Gasteiger partial charge in [0.1, 0.15) is 0 Å². The summed E-state index contributed by atoms with van der Waals surface area (Å²) in [5.41, 5.74) is 0. The molecule has 0 atom stereocenters. The van der Waals surface area contributed by atoms with Gasteiger partial charge in [-0.05, 0) is 0 Å². The van der Waals surface area contributed by atoms with Crippen molar-refractivity contribution in [2.24, 2.45) is 0 Å². The molecule has 1 aliphatic heterocycles. The maximum absolute atomic E-state index is 4.83. The number of ether oxygens (including phenoxy) is 1. The zero-order chi connectivity index (χ0) is 3.54. The minimum Gasteiger partial charge on any atom is -0.365 e. The number of hydrogen-bond acceptors (Lipinski definition) is 2. The first-order chi connectivity index (χ1) is 2.50. The fraction of sp³-hybridized carbons (Fsp3) is 1.00. The largest absolute Gasteiger partial charge is 0.365 e. The Morgan fingerprint density at radius 2 is 2.14 bits per heavy atom. The summed E-state index contributed by atoms with van der Waals surface area (Å²) in [5, 5.41) is 3.00. The van der Waals surface area contributed by atoms with E-state index in [0.717, 1.165) is 19.9 Å². The molecule has 2 nitrogen and oxygen atoms in total. The molecule has 7 heavy (non-hydrogen) atoms. The van der Waals surface area contributed by atoms with Gasteiger partial charge in [-0.1, -0.05) is 0 Å². The van der Waals surface area contributed by atoms with Gasteiger partial charge in [-0.2, -0.15) is 13.5 Å². The van der Waals surface area contributed by atoms with E-state index in [0.29, 0.717) is 0 Å². The Morgan fingerprint density at radius 1 is 1.43 bits per heavy atom. The Bertz CT molecular complexity index is 26.5.